The maximum absolute atomic E-state index is 13.5. The topological polar surface area (TPSA) is 166 Å². The van der Waals surface area contributed by atoms with Crippen LogP contribution in [-0.4, -0.2) is 83.1 Å². The molecule has 4 saturated carbocycles. The number of hydrogen-bond acceptors (Lipinski definition) is 9. The number of benzene rings is 1. The Hall–Kier alpha value is -2.64. The fraction of sp³-hybridized carbons (Fsp3) is 0.694. The zero-order chi connectivity index (χ0) is 34.1. The smallest absolute Gasteiger partial charge is 0.331 e. The van der Waals surface area contributed by atoms with Crippen molar-refractivity contribution in [3.63, 3.8) is 0 Å². The first-order valence-corrected chi connectivity index (χ1v) is 19.1. The molecule has 0 radical (unpaired) electrons. The van der Waals surface area contributed by atoms with Crippen molar-refractivity contribution in [1.82, 2.24) is 9.73 Å². The van der Waals surface area contributed by atoms with E-state index in [2.05, 4.69) is 17.5 Å². The molecule has 7 rings (SSSR count). The summed E-state index contributed by atoms with van der Waals surface area (Å²) in [7, 11) is -3.75. The Labute approximate surface area is 282 Å². The van der Waals surface area contributed by atoms with E-state index in [0.717, 1.165) is 24.0 Å². The molecular formula is C36H49N3O8S. The number of piperidine rings is 1. The van der Waals surface area contributed by atoms with Crippen molar-refractivity contribution in [2.24, 2.45) is 39.6 Å². The Bertz CT molecular complexity index is 1630. The second-order valence-corrected chi connectivity index (χ2v) is 17.7. The number of sulfonamides is 1. The van der Waals surface area contributed by atoms with Crippen LogP contribution < -0.4 is 5.43 Å². The number of hydrogen-bond donors (Lipinski definition) is 4. The minimum Gasteiger partial charge on any atom is -0.458 e. The summed E-state index contributed by atoms with van der Waals surface area (Å²) in [6.07, 6.45) is 8.67. The van der Waals surface area contributed by atoms with Crippen molar-refractivity contribution in [1.29, 1.82) is 0 Å². The van der Waals surface area contributed by atoms with Crippen LogP contribution in [0, 0.1) is 41.4 Å². The minimum atomic E-state index is -3.75. The number of aliphatic hydroxyl groups is 3. The average molecular weight is 684 g/mol. The lowest BCUT2D eigenvalue weighted by Gasteiger charge is -2.65. The van der Waals surface area contributed by atoms with E-state index in [4.69, 9.17) is 4.74 Å². The molecule has 9 unspecified atom stereocenters. The number of nitrogens with one attached hydrogen (secondary N) is 1. The first-order chi connectivity index (χ1) is 22.7. The summed E-state index contributed by atoms with van der Waals surface area (Å²) in [4.78, 5) is 25.6. The fourth-order valence-electron chi connectivity index (χ4n) is 10.9. The Morgan fingerprint density at radius 3 is 2.52 bits per heavy atom. The van der Waals surface area contributed by atoms with Gasteiger partial charge in [-0.1, -0.05) is 24.6 Å². The van der Waals surface area contributed by atoms with E-state index in [1.165, 1.54) is 4.31 Å². The molecule has 1 aromatic carbocycles. The number of rotatable bonds is 6. The van der Waals surface area contributed by atoms with E-state index < -0.39 is 44.1 Å². The summed E-state index contributed by atoms with van der Waals surface area (Å²) in [5.74, 6) is -1.48. The van der Waals surface area contributed by atoms with Crippen molar-refractivity contribution in [3.05, 3.63) is 41.5 Å². The number of esters is 1. The third-order valence-electron chi connectivity index (χ3n) is 13.5. The van der Waals surface area contributed by atoms with Gasteiger partial charge >= 0.3 is 5.97 Å². The SMILES string of the molecule is Cc1ccc(S(=O)(=O)N2CCCC(C(=O)NN=CC34CCC(O)CC3(O)CCC3C4CCC4(C)C(C5=CC(=O)OC5)CCC34O)C2)cc1. The highest BCUT2D eigenvalue weighted by Crippen LogP contribution is 2.70. The maximum atomic E-state index is 13.5. The number of carbonyl (C=O) groups is 2. The van der Waals surface area contributed by atoms with Crippen LogP contribution in [0.15, 0.2) is 45.9 Å². The van der Waals surface area contributed by atoms with Gasteiger partial charge in [-0.3, -0.25) is 4.79 Å². The third kappa shape index (κ3) is 5.20. The molecule has 0 bridgehead atoms. The number of aliphatic hydroxyl groups excluding tert-OH is 1. The highest BCUT2D eigenvalue weighted by atomic mass is 32.2. The van der Waals surface area contributed by atoms with Gasteiger partial charge in [0.15, 0.2) is 0 Å². The van der Waals surface area contributed by atoms with Crippen LogP contribution in [0.25, 0.3) is 0 Å². The standard InChI is InChI=1S/C36H49N3O8S/c1-23-5-7-27(8-6-23)48(45,46)39-17-3-4-24(20-39)32(42)38-37-22-34-14-9-26(40)19-35(34,43)15-11-30-29(34)10-13-33(2)28(12-16-36(30,33)44)25-18-31(41)47-21-25/h5-8,18,22,24,26,28-30,40,43-44H,3-4,9-17,19-21H2,1-2H3,(H,38,42). The van der Waals surface area contributed by atoms with Crippen molar-refractivity contribution >= 4 is 28.1 Å². The predicted molar refractivity (Wildman–Crippen MR) is 177 cm³/mol. The Kier molecular flexibility index (Phi) is 8.46. The normalized spacial score (nSPS) is 41.6. The summed E-state index contributed by atoms with van der Waals surface area (Å²) < 4.78 is 33.3. The Balaban J connectivity index is 1.11. The predicted octanol–water partition coefficient (Wildman–Crippen LogP) is 3.21. The van der Waals surface area contributed by atoms with E-state index in [0.29, 0.717) is 57.9 Å². The molecule has 12 heteroatoms. The third-order valence-corrected chi connectivity index (χ3v) is 15.4. The molecule has 1 aromatic rings. The van der Waals surface area contributed by atoms with E-state index in [-0.39, 0.29) is 54.1 Å². The second-order valence-electron chi connectivity index (χ2n) is 15.8. The van der Waals surface area contributed by atoms with Crippen LogP contribution in [0.2, 0.25) is 0 Å². The van der Waals surface area contributed by atoms with E-state index in [9.17, 15) is 33.3 Å². The fourth-order valence-corrected chi connectivity index (χ4v) is 12.4. The zero-order valence-corrected chi connectivity index (χ0v) is 28.8. The van der Waals surface area contributed by atoms with Gasteiger partial charge in [0, 0.05) is 42.6 Å². The average Bonchev–Trinajstić information content (AvgIpc) is 3.60. The first kappa shape index (κ1) is 33.8. The molecule has 11 nitrogen and oxygen atoms in total. The van der Waals surface area contributed by atoms with Gasteiger partial charge in [-0.25, -0.2) is 18.6 Å². The second kappa shape index (κ2) is 12.0. The lowest BCUT2D eigenvalue weighted by Crippen LogP contribution is -2.68. The molecule has 0 aromatic heterocycles. The van der Waals surface area contributed by atoms with Crippen molar-refractivity contribution in [3.8, 4) is 0 Å². The summed E-state index contributed by atoms with van der Waals surface area (Å²) in [5.41, 5.74) is 1.05. The number of fused-ring (bicyclic) bond motifs is 5. The number of nitrogens with zero attached hydrogens (tertiary/aromatic N) is 2. The van der Waals surface area contributed by atoms with Crippen LogP contribution >= 0.6 is 0 Å². The van der Waals surface area contributed by atoms with Gasteiger partial charge in [0.1, 0.15) is 6.61 Å². The molecular weight excluding hydrogens is 634 g/mol. The highest BCUT2D eigenvalue weighted by molar-refractivity contribution is 7.89. The lowest BCUT2D eigenvalue weighted by molar-refractivity contribution is -0.237. The molecule has 4 aliphatic carbocycles. The molecule has 9 atom stereocenters. The van der Waals surface area contributed by atoms with Gasteiger partial charge < -0.3 is 20.1 Å². The minimum absolute atomic E-state index is 0.0395. The molecule has 2 heterocycles. The molecule has 48 heavy (non-hydrogen) atoms. The van der Waals surface area contributed by atoms with Crippen molar-refractivity contribution < 1.29 is 38.1 Å². The van der Waals surface area contributed by atoms with Gasteiger partial charge in [0.25, 0.3) is 0 Å². The van der Waals surface area contributed by atoms with Gasteiger partial charge in [-0.15, -0.1) is 0 Å². The van der Waals surface area contributed by atoms with E-state index >= 15 is 0 Å². The molecule has 0 spiro atoms. The summed E-state index contributed by atoms with van der Waals surface area (Å²) in [5, 5.41) is 40.1. The lowest BCUT2D eigenvalue weighted by atomic mass is 9.41. The van der Waals surface area contributed by atoms with Gasteiger partial charge in [-0.05, 0) is 107 Å². The van der Waals surface area contributed by atoms with Crippen LogP contribution in [0.5, 0.6) is 0 Å². The van der Waals surface area contributed by atoms with Gasteiger partial charge in [-0.2, -0.15) is 9.41 Å². The molecule has 1 saturated heterocycles. The van der Waals surface area contributed by atoms with Crippen molar-refractivity contribution in [2.45, 2.75) is 107 Å². The van der Waals surface area contributed by atoms with Crippen molar-refractivity contribution in [2.75, 3.05) is 19.7 Å². The summed E-state index contributed by atoms with van der Waals surface area (Å²) in [6.45, 7) is 4.71. The Morgan fingerprint density at radius 2 is 1.79 bits per heavy atom. The Morgan fingerprint density at radius 1 is 1.04 bits per heavy atom. The number of amides is 1. The number of ether oxygens (including phenoxy) is 1. The molecule has 2 aliphatic heterocycles. The summed E-state index contributed by atoms with van der Waals surface area (Å²) >= 11 is 0. The molecule has 5 fully saturated rings. The maximum Gasteiger partial charge on any atom is 0.331 e. The van der Waals surface area contributed by atoms with Gasteiger partial charge in [0.05, 0.1) is 28.1 Å². The largest absolute Gasteiger partial charge is 0.458 e. The number of carbonyl (C=O) groups excluding carboxylic acids is 2. The van der Waals surface area contributed by atoms with E-state index in [1.807, 2.05) is 6.92 Å². The molecule has 1 amide bonds. The number of aryl methyl sites for hydroxylation is 1. The molecule has 6 aliphatic rings. The zero-order valence-electron chi connectivity index (χ0n) is 27.9. The molecule has 4 N–H and O–H groups in total. The molecule has 262 valence electrons. The number of cyclic esters (lactones) is 1. The monoisotopic (exact) mass is 683 g/mol. The highest BCUT2D eigenvalue weighted by Gasteiger charge is 2.71. The van der Waals surface area contributed by atoms with Crippen LogP contribution in [0.3, 0.4) is 0 Å². The van der Waals surface area contributed by atoms with Crippen LogP contribution in [-0.2, 0) is 24.3 Å². The summed E-state index contributed by atoms with van der Waals surface area (Å²) in [6, 6.07) is 6.71. The van der Waals surface area contributed by atoms with Crippen LogP contribution in [0.4, 0.5) is 0 Å². The first-order valence-electron chi connectivity index (χ1n) is 17.6. The van der Waals surface area contributed by atoms with E-state index in [1.54, 1.807) is 36.6 Å². The number of hydrazone groups is 1. The van der Waals surface area contributed by atoms with Crippen LogP contribution in [0.1, 0.15) is 83.1 Å². The van der Waals surface area contributed by atoms with Gasteiger partial charge in [0.2, 0.25) is 15.9 Å². The quantitative estimate of drug-likeness (QED) is 0.202.